The minimum atomic E-state index is -0.224. The molecule has 112 valence electrons. The first kappa shape index (κ1) is 14.5. The van der Waals surface area contributed by atoms with Gasteiger partial charge in [0.1, 0.15) is 5.01 Å². The Hall–Kier alpha value is -2.47. The largest absolute Gasteiger partial charge is 0.332 e. The zero-order valence-corrected chi connectivity index (χ0v) is 13.1. The van der Waals surface area contributed by atoms with Crippen LogP contribution in [0.3, 0.4) is 0 Å². The van der Waals surface area contributed by atoms with Crippen LogP contribution in [0.2, 0.25) is 0 Å². The predicted molar refractivity (Wildman–Crippen MR) is 87.2 cm³/mol. The quantitative estimate of drug-likeness (QED) is 0.808. The van der Waals surface area contributed by atoms with Crippen molar-refractivity contribution in [1.29, 1.82) is 0 Å². The summed E-state index contributed by atoms with van der Waals surface area (Å²) in [6.45, 7) is 1.95. The number of hydrogen-bond donors (Lipinski definition) is 1. The number of nitrogens with one attached hydrogen (secondary N) is 1. The molecule has 0 aliphatic rings. The number of fused-ring (bicyclic) bond motifs is 1. The molecule has 0 fully saturated rings. The third-order valence-electron chi connectivity index (χ3n) is 3.60. The Balaban J connectivity index is 1.87. The lowest BCUT2D eigenvalue weighted by atomic mass is 10.2. The highest BCUT2D eigenvalue weighted by Gasteiger charge is 2.21. The molecule has 1 amide bonds. The molecular formula is C16H15N3O2S. The van der Waals surface area contributed by atoms with Crippen molar-refractivity contribution in [3.63, 3.8) is 0 Å². The van der Waals surface area contributed by atoms with E-state index in [4.69, 9.17) is 0 Å². The smallest absolute Gasteiger partial charge is 0.255 e. The lowest BCUT2D eigenvalue weighted by Crippen LogP contribution is -2.30. The van der Waals surface area contributed by atoms with Crippen molar-refractivity contribution in [3.05, 3.63) is 63.5 Å². The second kappa shape index (κ2) is 5.73. The molecule has 0 saturated heterocycles. The maximum Gasteiger partial charge on any atom is 0.255 e. The number of para-hydroxylation sites is 1. The van der Waals surface area contributed by atoms with Crippen LogP contribution in [-0.2, 0) is 0 Å². The van der Waals surface area contributed by atoms with Crippen LogP contribution in [-0.4, -0.2) is 27.8 Å². The van der Waals surface area contributed by atoms with Gasteiger partial charge in [0.15, 0.2) is 0 Å². The molecule has 0 aliphatic carbocycles. The predicted octanol–water partition coefficient (Wildman–Crippen LogP) is 2.82. The van der Waals surface area contributed by atoms with Crippen LogP contribution >= 0.6 is 11.3 Å². The third-order valence-corrected chi connectivity index (χ3v) is 4.81. The van der Waals surface area contributed by atoms with E-state index in [1.165, 1.54) is 18.3 Å². The Morgan fingerprint density at radius 3 is 2.73 bits per heavy atom. The summed E-state index contributed by atoms with van der Waals surface area (Å²) in [6.07, 6.45) is 1.44. The first-order valence-corrected chi connectivity index (χ1v) is 7.69. The molecule has 0 radical (unpaired) electrons. The van der Waals surface area contributed by atoms with Gasteiger partial charge < -0.3 is 9.88 Å². The Kier molecular flexibility index (Phi) is 3.77. The topological polar surface area (TPSA) is 66.1 Å². The number of pyridine rings is 1. The summed E-state index contributed by atoms with van der Waals surface area (Å²) in [5.74, 6) is -0.150. The van der Waals surface area contributed by atoms with E-state index in [0.717, 1.165) is 15.2 Å². The second-order valence-corrected chi connectivity index (χ2v) is 6.12. The van der Waals surface area contributed by atoms with Gasteiger partial charge in [-0.2, -0.15) is 0 Å². The van der Waals surface area contributed by atoms with Crippen LogP contribution in [0.5, 0.6) is 0 Å². The molecule has 1 atom stereocenters. The monoisotopic (exact) mass is 313 g/mol. The number of carbonyl (C=O) groups excluding carboxylic acids is 1. The number of thiazole rings is 1. The van der Waals surface area contributed by atoms with Gasteiger partial charge in [-0.15, -0.1) is 11.3 Å². The lowest BCUT2D eigenvalue weighted by molar-refractivity contribution is 0.0742. The minimum Gasteiger partial charge on any atom is -0.332 e. The number of benzene rings is 1. The van der Waals surface area contributed by atoms with E-state index in [2.05, 4.69) is 9.97 Å². The summed E-state index contributed by atoms with van der Waals surface area (Å²) in [7, 11) is 1.74. The molecule has 3 rings (SSSR count). The average molecular weight is 313 g/mol. The molecule has 0 saturated carbocycles. The van der Waals surface area contributed by atoms with Crippen LogP contribution in [0.1, 0.15) is 28.3 Å². The van der Waals surface area contributed by atoms with Crippen molar-refractivity contribution in [2.24, 2.45) is 0 Å². The van der Waals surface area contributed by atoms with E-state index >= 15 is 0 Å². The van der Waals surface area contributed by atoms with Crippen molar-refractivity contribution in [3.8, 4) is 0 Å². The van der Waals surface area contributed by atoms with E-state index in [1.807, 2.05) is 31.2 Å². The molecule has 22 heavy (non-hydrogen) atoms. The van der Waals surface area contributed by atoms with Gasteiger partial charge in [0.25, 0.3) is 5.91 Å². The molecule has 2 heterocycles. The van der Waals surface area contributed by atoms with Gasteiger partial charge in [-0.3, -0.25) is 9.59 Å². The molecule has 0 spiro atoms. The van der Waals surface area contributed by atoms with Crippen LogP contribution in [0, 0.1) is 0 Å². The lowest BCUT2D eigenvalue weighted by Gasteiger charge is -2.23. The highest BCUT2D eigenvalue weighted by Crippen LogP contribution is 2.29. The van der Waals surface area contributed by atoms with Crippen molar-refractivity contribution in [2.45, 2.75) is 13.0 Å². The first-order chi connectivity index (χ1) is 10.6. The van der Waals surface area contributed by atoms with E-state index in [9.17, 15) is 9.59 Å². The minimum absolute atomic E-state index is 0.142. The second-order valence-electron chi connectivity index (χ2n) is 5.05. The molecule has 1 aromatic carbocycles. The van der Waals surface area contributed by atoms with Crippen LogP contribution in [0.25, 0.3) is 10.2 Å². The number of H-pyrrole nitrogens is 1. The average Bonchev–Trinajstić information content (AvgIpc) is 2.97. The fourth-order valence-corrected chi connectivity index (χ4v) is 3.22. The number of rotatable bonds is 3. The van der Waals surface area contributed by atoms with E-state index in [0.29, 0.717) is 5.56 Å². The van der Waals surface area contributed by atoms with Crippen molar-refractivity contribution in [1.82, 2.24) is 14.9 Å². The number of amides is 1. The molecule has 0 bridgehead atoms. The summed E-state index contributed by atoms with van der Waals surface area (Å²) in [6, 6.07) is 10.7. The number of nitrogens with zero attached hydrogens (tertiary/aromatic N) is 2. The molecule has 1 N–H and O–H groups in total. The van der Waals surface area contributed by atoms with Crippen molar-refractivity contribution < 1.29 is 4.79 Å². The zero-order valence-electron chi connectivity index (χ0n) is 12.2. The summed E-state index contributed by atoms with van der Waals surface area (Å²) < 4.78 is 1.11. The van der Waals surface area contributed by atoms with Gasteiger partial charge in [0.2, 0.25) is 5.56 Å². The SMILES string of the molecule is C[C@H](c1nc2ccccc2s1)N(C)C(=O)c1ccc(=O)[nH]c1. The van der Waals surface area contributed by atoms with Crippen molar-refractivity contribution >= 4 is 27.5 Å². The molecule has 6 heteroatoms. The number of hydrogen-bond acceptors (Lipinski definition) is 4. The maximum absolute atomic E-state index is 12.5. The van der Waals surface area contributed by atoms with Gasteiger partial charge >= 0.3 is 0 Å². The molecule has 2 aromatic heterocycles. The third kappa shape index (κ3) is 2.65. The van der Waals surface area contributed by atoms with Gasteiger partial charge in [0.05, 0.1) is 21.8 Å². The first-order valence-electron chi connectivity index (χ1n) is 6.87. The van der Waals surface area contributed by atoms with Crippen molar-refractivity contribution in [2.75, 3.05) is 7.05 Å². The zero-order chi connectivity index (χ0) is 15.7. The molecule has 0 aliphatic heterocycles. The molecule has 0 unspecified atom stereocenters. The van der Waals surface area contributed by atoms with Gasteiger partial charge in [-0.1, -0.05) is 12.1 Å². The standard InChI is InChI=1S/C16H15N3O2S/c1-10(15-18-12-5-3-4-6-13(12)22-15)19(2)16(21)11-7-8-14(20)17-9-11/h3-10H,1-2H3,(H,17,20)/t10-/m1/s1. The van der Waals surface area contributed by atoms with Gasteiger partial charge in [0, 0.05) is 19.3 Å². The Labute approximate surface area is 131 Å². The fraction of sp³-hybridized carbons (Fsp3) is 0.188. The molecular weight excluding hydrogens is 298 g/mol. The summed E-state index contributed by atoms with van der Waals surface area (Å²) in [5, 5.41) is 0.890. The van der Waals surface area contributed by atoms with E-state index in [-0.39, 0.29) is 17.5 Å². The highest BCUT2D eigenvalue weighted by atomic mass is 32.1. The number of aromatic amines is 1. The summed E-state index contributed by atoms with van der Waals surface area (Å²) >= 11 is 1.59. The Bertz CT molecular complexity index is 831. The van der Waals surface area contributed by atoms with E-state index < -0.39 is 0 Å². The molecule has 3 aromatic rings. The van der Waals surface area contributed by atoms with E-state index in [1.54, 1.807) is 23.3 Å². The number of aromatic nitrogens is 2. The Morgan fingerprint density at radius 2 is 2.05 bits per heavy atom. The number of carbonyl (C=O) groups is 1. The van der Waals surface area contributed by atoms with Crippen LogP contribution in [0.15, 0.2) is 47.4 Å². The van der Waals surface area contributed by atoms with Crippen LogP contribution < -0.4 is 5.56 Å². The molecule has 5 nitrogen and oxygen atoms in total. The summed E-state index contributed by atoms with van der Waals surface area (Å²) in [5.41, 5.74) is 1.17. The maximum atomic E-state index is 12.5. The van der Waals surface area contributed by atoms with Gasteiger partial charge in [-0.25, -0.2) is 4.98 Å². The Morgan fingerprint density at radius 1 is 1.27 bits per heavy atom. The fourth-order valence-electron chi connectivity index (χ4n) is 2.16. The van der Waals surface area contributed by atoms with Crippen LogP contribution in [0.4, 0.5) is 0 Å². The normalized spacial score (nSPS) is 12.3. The van der Waals surface area contributed by atoms with Gasteiger partial charge in [-0.05, 0) is 25.1 Å². The highest BCUT2D eigenvalue weighted by molar-refractivity contribution is 7.18. The summed E-state index contributed by atoms with van der Waals surface area (Å²) in [4.78, 5) is 32.3.